The number of rotatable bonds is 57. The average Bonchev–Trinajstić information content (AvgIpc) is 3.45. The minimum Gasteiger partial charge on any atom is -0.462 e. The Morgan fingerprint density at radius 2 is 0.494 bits per heavy atom. The summed E-state index contributed by atoms with van der Waals surface area (Å²) in [6, 6.07) is 0. The fraction of sp³-hybridized carbons (Fsp3) is 0.630. The van der Waals surface area contributed by atoms with Gasteiger partial charge in [-0.1, -0.05) is 282 Å². The molecule has 0 fully saturated rings. The predicted octanol–water partition coefficient (Wildman–Crippen LogP) is 22.3. The van der Waals surface area contributed by atoms with Crippen LogP contribution >= 0.6 is 0 Å². The maximum absolute atomic E-state index is 12.9. The molecule has 0 saturated carbocycles. The highest BCUT2D eigenvalue weighted by atomic mass is 16.6. The molecule has 6 nitrogen and oxygen atoms in total. The second-order valence-electron chi connectivity index (χ2n) is 20.9. The molecule has 446 valence electrons. The number of hydrogen-bond acceptors (Lipinski definition) is 6. The molecule has 79 heavy (non-hydrogen) atoms. The molecule has 0 amide bonds. The summed E-state index contributed by atoms with van der Waals surface area (Å²) >= 11 is 0. The molecule has 1 unspecified atom stereocenters. The van der Waals surface area contributed by atoms with E-state index in [1.165, 1.54) is 77.0 Å². The van der Waals surface area contributed by atoms with Gasteiger partial charge in [-0.2, -0.15) is 0 Å². The van der Waals surface area contributed by atoms with Crippen molar-refractivity contribution in [1.29, 1.82) is 0 Å². The minimum absolute atomic E-state index is 0.0923. The van der Waals surface area contributed by atoms with Gasteiger partial charge in [-0.05, 0) is 122 Å². The van der Waals surface area contributed by atoms with Gasteiger partial charge in [0, 0.05) is 19.3 Å². The van der Waals surface area contributed by atoms with Gasteiger partial charge in [0.05, 0.1) is 0 Å². The minimum atomic E-state index is -0.798. The quantitative estimate of drug-likeness (QED) is 0.0261. The summed E-state index contributed by atoms with van der Waals surface area (Å²) in [5.41, 5.74) is 0. The van der Waals surface area contributed by atoms with E-state index in [9.17, 15) is 14.4 Å². The van der Waals surface area contributed by atoms with Crippen LogP contribution in [0.1, 0.15) is 278 Å². The molecule has 0 heterocycles. The molecule has 0 aliphatic heterocycles. The van der Waals surface area contributed by atoms with Gasteiger partial charge < -0.3 is 14.2 Å². The Bertz CT molecular complexity index is 1730. The maximum atomic E-state index is 12.9. The zero-order valence-electron chi connectivity index (χ0n) is 51.1. The Morgan fingerprint density at radius 3 is 0.772 bits per heavy atom. The van der Waals surface area contributed by atoms with Crippen molar-refractivity contribution < 1.29 is 28.6 Å². The molecule has 6 heteroatoms. The van der Waals surface area contributed by atoms with Crippen LogP contribution in [0.15, 0.2) is 146 Å². The van der Waals surface area contributed by atoms with Gasteiger partial charge in [-0.15, -0.1) is 0 Å². The molecular weight excluding hydrogens is 973 g/mol. The summed E-state index contributed by atoms with van der Waals surface area (Å²) in [5, 5.41) is 0. The molecule has 0 radical (unpaired) electrons. The van der Waals surface area contributed by atoms with E-state index in [4.69, 9.17) is 14.2 Å². The summed E-state index contributed by atoms with van der Waals surface area (Å²) in [5.74, 6) is -0.923. The normalized spacial score (nSPS) is 13.1. The van der Waals surface area contributed by atoms with Crippen LogP contribution < -0.4 is 0 Å². The number of hydrogen-bond donors (Lipinski definition) is 0. The second-order valence-corrected chi connectivity index (χ2v) is 20.9. The molecule has 0 aromatic heterocycles. The number of ether oxygens (including phenoxy) is 3. The summed E-state index contributed by atoms with van der Waals surface area (Å²) in [4.78, 5) is 38.3. The van der Waals surface area contributed by atoms with Crippen LogP contribution in [0.5, 0.6) is 0 Å². The molecule has 0 N–H and O–H groups in total. The molecule has 0 aromatic carbocycles. The first-order valence-corrected chi connectivity index (χ1v) is 32.3. The van der Waals surface area contributed by atoms with E-state index in [1.807, 2.05) is 0 Å². The van der Waals surface area contributed by atoms with Crippen LogP contribution in [0.25, 0.3) is 0 Å². The lowest BCUT2D eigenvalue weighted by Gasteiger charge is -2.18. The van der Waals surface area contributed by atoms with Crippen molar-refractivity contribution in [2.75, 3.05) is 13.2 Å². The topological polar surface area (TPSA) is 78.9 Å². The van der Waals surface area contributed by atoms with E-state index in [0.29, 0.717) is 19.3 Å². The van der Waals surface area contributed by atoms with E-state index in [-0.39, 0.29) is 31.1 Å². The van der Waals surface area contributed by atoms with Crippen LogP contribution in [0.2, 0.25) is 0 Å². The van der Waals surface area contributed by atoms with Crippen LogP contribution in [-0.2, 0) is 28.6 Å². The maximum Gasteiger partial charge on any atom is 0.306 e. The van der Waals surface area contributed by atoms with Gasteiger partial charge in [-0.3, -0.25) is 14.4 Å². The number of carbonyl (C=O) groups excluding carboxylic acids is 3. The standard InChI is InChI=1S/C73H118O6/c1-4-7-10-13-16-19-22-24-26-28-30-32-33-34-35-36-37-38-39-41-42-44-46-48-51-54-57-60-63-66-72(75)78-69-70(68-77-71(74)65-62-59-56-53-50-21-18-15-12-9-6-3)79-73(76)67-64-61-58-55-52-49-47-45-43-40-31-29-27-25-23-20-17-14-11-8-5-2/h7-8,10-11,16-17,19-20,24-27,30-32,34-35,37-38,40-42,45,47,70H,4-6,9,12-15,18,21-23,28-29,33,36,39,43-44,46,48-69H2,1-3H3/b10-7-,11-8-,19-16-,20-17-,26-24-,27-25-,32-30-,35-34-,38-37-,40-31-,42-41-,47-45-. The molecule has 0 aromatic rings. The molecular formula is C73H118O6. The highest BCUT2D eigenvalue weighted by Crippen LogP contribution is 2.15. The van der Waals surface area contributed by atoms with E-state index >= 15 is 0 Å². The Kier molecular flexibility index (Phi) is 61.9. The van der Waals surface area contributed by atoms with Crippen LogP contribution in [0, 0.1) is 0 Å². The van der Waals surface area contributed by atoms with E-state index in [2.05, 4.69) is 167 Å². The predicted molar refractivity (Wildman–Crippen MR) is 343 cm³/mol. The van der Waals surface area contributed by atoms with Crippen molar-refractivity contribution in [3.05, 3.63) is 146 Å². The van der Waals surface area contributed by atoms with Crippen LogP contribution in [0.4, 0.5) is 0 Å². The van der Waals surface area contributed by atoms with Gasteiger partial charge in [0.25, 0.3) is 0 Å². The molecule has 0 spiro atoms. The summed E-state index contributed by atoms with van der Waals surface area (Å²) in [6.45, 7) is 6.38. The SMILES string of the molecule is CC/C=C\C/C=C\C/C=C\C/C=C\C/C=C\C/C=C\C/C=C\CCCCCCCCCC(=O)OCC(COC(=O)CCCCCCCCCCCCC)OC(=O)CCCCCCC/C=C\C/C=C\C/C=C\C/C=C\C/C=C\CC. The van der Waals surface area contributed by atoms with Gasteiger partial charge in [-0.25, -0.2) is 0 Å². The largest absolute Gasteiger partial charge is 0.462 e. The smallest absolute Gasteiger partial charge is 0.306 e. The Balaban J connectivity index is 4.36. The number of esters is 3. The van der Waals surface area contributed by atoms with Crippen molar-refractivity contribution in [3.63, 3.8) is 0 Å². The fourth-order valence-electron chi connectivity index (χ4n) is 8.57. The lowest BCUT2D eigenvalue weighted by atomic mass is 10.1. The van der Waals surface area contributed by atoms with E-state index in [0.717, 1.165) is 161 Å². The zero-order chi connectivity index (χ0) is 57.1. The van der Waals surface area contributed by atoms with Gasteiger partial charge >= 0.3 is 17.9 Å². The summed E-state index contributed by atoms with van der Waals surface area (Å²) in [6.07, 6.45) is 94.2. The van der Waals surface area contributed by atoms with E-state index in [1.54, 1.807) is 0 Å². The van der Waals surface area contributed by atoms with Crippen LogP contribution in [-0.4, -0.2) is 37.2 Å². The molecule has 0 saturated heterocycles. The lowest BCUT2D eigenvalue weighted by molar-refractivity contribution is -0.167. The first-order chi connectivity index (χ1) is 39.0. The first kappa shape index (κ1) is 74.3. The van der Waals surface area contributed by atoms with E-state index < -0.39 is 6.10 Å². The molecule has 0 bridgehead atoms. The summed E-state index contributed by atoms with van der Waals surface area (Å²) in [7, 11) is 0. The molecule has 1 atom stereocenters. The molecule has 0 aliphatic rings. The number of carbonyl (C=O) groups is 3. The molecule has 0 aliphatic carbocycles. The van der Waals surface area contributed by atoms with Gasteiger partial charge in [0.15, 0.2) is 6.10 Å². The van der Waals surface area contributed by atoms with Crippen LogP contribution in [0.3, 0.4) is 0 Å². The number of allylic oxidation sites excluding steroid dienone is 24. The highest BCUT2D eigenvalue weighted by molar-refractivity contribution is 5.71. The Hall–Kier alpha value is -4.71. The zero-order valence-corrected chi connectivity index (χ0v) is 51.1. The third kappa shape index (κ3) is 64.0. The van der Waals surface area contributed by atoms with Crippen molar-refractivity contribution >= 4 is 17.9 Å². The van der Waals surface area contributed by atoms with Crippen molar-refractivity contribution in [3.8, 4) is 0 Å². The molecule has 0 rings (SSSR count). The third-order valence-corrected chi connectivity index (χ3v) is 13.3. The second kappa shape index (κ2) is 65.8. The van der Waals surface area contributed by atoms with Crippen molar-refractivity contribution in [2.24, 2.45) is 0 Å². The summed E-state index contributed by atoms with van der Waals surface area (Å²) < 4.78 is 16.9. The monoisotopic (exact) mass is 1090 g/mol. The fourth-order valence-corrected chi connectivity index (χ4v) is 8.57. The Morgan fingerprint density at radius 1 is 0.266 bits per heavy atom. The lowest BCUT2D eigenvalue weighted by Crippen LogP contribution is -2.30. The first-order valence-electron chi connectivity index (χ1n) is 32.3. The average molecular weight is 1090 g/mol. The van der Waals surface area contributed by atoms with Gasteiger partial charge in [0.2, 0.25) is 0 Å². The third-order valence-electron chi connectivity index (χ3n) is 13.3. The van der Waals surface area contributed by atoms with Gasteiger partial charge in [0.1, 0.15) is 13.2 Å². The van der Waals surface area contributed by atoms with Crippen molar-refractivity contribution in [2.45, 2.75) is 284 Å². The number of unbranched alkanes of at least 4 members (excludes halogenated alkanes) is 22. The van der Waals surface area contributed by atoms with Crippen molar-refractivity contribution in [1.82, 2.24) is 0 Å². The Labute approximate surface area is 487 Å². The highest BCUT2D eigenvalue weighted by Gasteiger charge is 2.19.